The van der Waals surface area contributed by atoms with Crippen molar-refractivity contribution in [2.24, 2.45) is 0 Å². The first-order valence-electron chi connectivity index (χ1n) is 8.54. The number of nitrogens with one attached hydrogen (secondary N) is 1. The van der Waals surface area contributed by atoms with Gasteiger partial charge in [-0.05, 0) is 50.1 Å². The Kier molecular flexibility index (Phi) is 4.09. The van der Waals surface area contributed by atoms with Gasteiger partial charge in [0, 0.05) is 30.9 Å². The van der Waals surface area contributed by atoms with E-state index in [1.54, 1.807) is 22.6 Å². The van der Waals surface area contributed by atoms with Crippen LogP contribution in [0.3, 0.4) is 0 Å². The van der Waals surface area contributed by atoms with Crippen molar-refractivity contribution in [3.05, 3.63) is 59.9 Å². The van der Waals surface area contributed by atoms with Crippen LogP contribution in [0.2, 0.25) is 0 Å². The molecule has 1 aliphatic heterocycles. The summed E-state index contributed by atoms with van der Waals surface area (Å²) in [7, 11) is -3.40. The average Bonchev–Trinajstić information content (AvgIpc) is 3.06. The maximum Gasteiger partial charge on any atom is 0.243 e. The molecule has 6 heteroatoms. The summed E-state index contributed by atoms with van der Waals surface area (Å²) in [5.74, 6) is 0.346. The normalized spacial score (nSPS) is 17.2. The lowest BCUT2D eigenvalue weighted by molar-refractivity contribution is 0.317. The fraction of sp³-hybridized carbons (Fsp3) is 0.316. The van der Waals surface area contributed by atoms with Crippen LogP contribution in [0.1, 0.15) is 30.0 Å². The van der Waals surface area contributed by atoms with Crippen molar-refractivity contribution < 1.29 is 8.42 Å². The predicted octanol–water partition coefficient (Wildman–Crippen LogP) is 3.44. The molecule has 0 bridgehead atoms. The molecule has 1 saturated heterocycles. The van der Waals surface area contributed by atoms with Crippen LogP contribution in [0, 0.1) is 6.92 Å². The van der Waals surface area contributed by atoms with Crippen molar-refractivity contribution in [3.8, 4) is 0 Å². The highest BCUT2D eigenvalue weighted by Crippen LogP contribution is 2.31. The molecule has 25 heavy (non-hydrogen) atoms. The van der Waals surface area contributed by atoms with Crippen molar-refractivity contribution in [1.82, 2.24) is 14.3 Å². The Morgan fingerprint density at radius 3 is 2.52 bits per heavy atom. The Morgan fingerprint density at radius 2 is 1.84 bits per heavy atom. The van der Waals surface area contributed by atoms with Crippen molar-refractivity contribution in [3.63, 3.8) is 0 Å². The van der Waals surface area contributed by atoms with E-state index in [0.29, 0.717) is 23.9 Å². The molecular weight excluding hydrogens is 334 g/mol. The van der Waals surface area contributed by atoms with E-state index >= 15 is 0 Å². The first kappa shape index (κ1) is 16.3. The lowest BCUT2D eigenvalue weighted by Crippen LogP contribution is -2.37. The SMILES string of the molecule is Cc1ccc(S(=O)(=O)N2CCC(c3cc4ncccc4[nH]3)CC2)cc1. The number of hydrogen-bond acceptors (Lipinski definition) is 3. The minimum absolute atomic E-state index is 0.346. The summed E-state index contributed by atoms with van der Waals surface area (Å²) in [5.41, 5.74) is 4.21. The molecule has 5 nitrogen and oxygen atoms in total. The van der Waals surface area contributed by atoms with Crippen LogP contribution in [-0.2, 0) is 10.0 Å². The van der Waals surface area contributed by atoms with Crippen LogP contribution in [0.15, 0.2) is 53.6 Å². The molecule has 1 aromatic carbocycles. The second kappa shape index (κ2) is 6.28. The summed E-state index contributed by atoms with van der Waals surface area (Å²) >= 11 is 0. The van der Waals surface area contributed by atoms with E-state index in [-0.39, 0.29) is 0 Å². The number of aromatic amines is 1. The molecular formula is C19H21N3O2S. The first-order chi connectivity index (χ1) is 12.0. The summed E-state index contributed by atoms with van der Waals surface area (Å²) in [4.78, 5) is 8.17. The fourth-order valence-corrected chi connectivity index (χ4v) is 4.93. The Morgan fingerprint density at radius 1 is 1.12 bits per heavy atom. The number of aryl methyl sites for hydroxylation is 1. The number of rotatable bonds is 3. The van der Waals surface area contributed by atoms with E-state index in [1.165, 1.54) is 0 Å². The molecule has 4 rings (SSSR count). The lowest BCUT2D eigenvalue weighted by atomic mass is 9.95. The first-order valence-corrected chi connectivity index (χ1v) is 9.98. The quantitative estimate of drug-likeness (QED) is 0.783. The summed E-state index contributed by atoms with van der Waals surface area (Å²) < 4.78 is 27.2. The monoisotopic (exact) mass is 355 g/mol. The number of hydrogen-bond donors (Lipinski definition) is 1. The third kappa shape index (κ3) is 3.07. The zero-order valence-corrected chi connectivity index (χ0v) is 15.0. The van der Waals surface area contributed by atoms with Crippen molar-refractivity contribution >= 4 is 21.1 Å². The van der Waals surface area contributed by atoms with E-state index in [1.807, 2.05) is 31.2 Å². The molecule has 0 aliphatic carbocycles. The van der Waals surface area contributed by atoms with Gasteiger partial charge in [0.25, 0.3) is 0 Å². The zero-order chi connectivity index (χ0) is 17.4. The molecule has 0 radical (unpaired) electrons. The maximum atomic E-state index is 12.8. The molecule has 0 atom stereocenters. The summed E-state index contributed by atoms with van der Waals surface area (Å²) in [6, 6.07) is 13.1. The van der Waals surface area contributed by atoms with Gasteiger partial charge in [-0.1, -0.05) is 17.7 Å². The molecule has 2 aromatic heterocycles. The largest absolute Gasteiger partial charge is 0.357 e. The van der Waals surface area contributed by atoms with Crippen LogP contribution in [-0.4, -0.2) is 35.8 Å². The van der Waals surface area contributed by atoms with Gasteiger partial charge in [0.05, 0.1) is 15.9 Å². The molecule has 0 saturated carbocycles. The number of aromatic nitrogens is 2. The highest BCUT2D eigenvalue weighted by atomic mass is 32.2. The van der Waals surface area contributed by atoms with Gasteiger partial charge >= 0.3 is 0 Å². The number of H-pyrrole nitrogens is 1. The van der Waals surface area contributed by atoms with Gasteiger partial charge in [-0.3, -0.25) is 4.98 Å². The Hall–Kier alpha value is -2.18. The van der Waals surface area contributed by atoms with Gasteiger partial charge < -0.3 is 4.98 Å². The van der Waals surface area contributed by atoms with Gasteiger partial charge in [-0.2, -0.15) is 4.31 Å². The number of piperidine rings is 1. The second-order valence-electron chi connectivity index (χ2n) is 6.65. The molecule has 0 amide bonds. The summed E-state index contributed by atoms with van der Waals surface area (Å²) in [6.07, 6.45) is 3.42. The molecule has 1 aliphatic rings. The molecule has 1 N–H and O–H groups in total. The van der Waals surface area contributed by atoms with Crippen LogP contribution in [0.25, 0.3) is 11.0 Å². The molecule has 3 aromatic rings. The minimum atomic E-state index is -3.40. The number of sulfonamides is 1. The lowest BCUT2D eigenvalue weighted by Gasteiger charge is -2.30. The summed E-state index contributed by atoms with van der Waals surface area (Å²) in [5, 5.41) is 0. The van der Waals surface area contributed by atoms with Crippen molar-refractivity contribution in [2.75, 3.05) is 13.1 Å². The Labute approximate surface area is 147 Å². The van der Waals surface area contributed by atoms with Gasteiger partial charge in [-0.25, -0.2) is 8.42 Å². The number of nitrogens with zero attached hydrogens (tertiary/aromatic N) is 2. The van der Waals surface area contributed by atoms with Crippen LogP contribution < -0.4 is 0 Å². The third-order valence-electron chi connectivity index (χ3n) is 4.96. The van der Waals surface area contributed by atoms with Gasteiger partial charge in [-0.15, -0.1) is 0 Å². The molecule has 0 spiro atoms. The van der Waals surface area contributed by atoms with Crippen molar-refractivity contribution in [1.29, 1.82) is 0 Å². The Balaban J connectivity index is 1.50. The van der Waals surface area contributed by atoms with E-state index < -0.39 is 10.0 Å². The Bertz CT molecular complexity index is 952. The minimum Gasteiger partial charge on any atom is -0.357 e. The van der Waals surface area contributed by atoms with Crippen LogP contribution in [0.4, 0.5) is 0 Å². The van der Waals surface area contributed by atoms with E-state index in [0.717, 1.165) is 35.1 Å². The fourth-order valence-electron chi connectivity index (χ4n) is 3.46. The predicted molar refractivity (Wildman–Crippen MR) is 98.0 cm³/mol. The number of pyridine rings is 1. The second-order valence-corrected chi connectivity index (χ2v) is 8.59. The molecule has 3 heterocycles. The van der Waals surface area contributed by atoms with Crippen LogP contribution in [0.5, 0.6) is 0 Å². The topological polar surface area (TPSA) is 66.1 Å². The third-order valence-corrected chi connectivity index (χ3v) is 6.88. The highest BCUT2D eigenvalue weighted by Gasteiger charge is 2.30. The standard InChI is InChI=1S/C19H21N3O2S/c1-14-4-6-16(7-5-14)25(23,24)22-11-8-15(9-12-22)18-13-19-17(21-18)3-2-10-20-19/h2-7,10,13,15,21H,8-9,11-12H2,1H3. The zero-order valence-electron chi connectivity index (χ0n) is 14.1. The average molecular weight is 355 g/mol. The summed E-state index contributed by atoms with van der Waals surface area (Å²) in [6.45, 7) is 3.05. The van der Waals surface area contributed by atoms with Gasteiger partial charge in [0.15, 0.2) is 0 Å². The van der Waals surface area contributed by atoms with Crippen molar-refractivity contribution in [2.45, 2.75) is 30.6 Å². The van der Waals surface area contributed by atoms with E-state index in [9.17, 15) is 8.42 Å². The number of benzene rings is 1. The number of fused-ring (bicyclic) bond motifs is 1. The van der Waals surface area contributed by atoms with Gasteiger partial charge in [0.1, 0.15) is 0 Å². The van der Waals surface area contributed by atoms with E-state index in [4.69, 9.17) is 0 Å². The molecule has 130 valence electrons. The smallest absolute Gasteiger partial charge is 0.243 e. The molecule has 1 fully saturated rings. The molecule has 0 unspecified atom stereocenters. The maximum absolute atomic E-state index is 12.8. The highest BCUT2D eigenvalue weighted by molar-refractivity contribution is 7.89. The van der Waals surface area contributed by atoms with Gasteiger partial charge in [0.2, 0.25) is 10.0 Å². The van der Waals surface area contributed by atoms with E-state index in [2.05, 4.69) is 16.0 Å². The van der Waals surface area contributed by atoms with Crippen LogP contribution >= 0.6 is 0 Å².